The number of hydrogen-bond donors (Lipinski definition) is 1. The second-order valence-electron chi connectivity index (χ2n) is 6.04. The summed E-state index contributed by atoms with van der Waals surface area (Å²) in [6.45, 7) is 0.473. The molecule has 0 radical (unpaired) electrons. The number of sulfonamides is 1. The standard InChI is InChI=1S/C14H18N2O4S/c17-16(18)13-3-5-14(6-4-13)21(19,20)15-9-12-8-10-1-2-11(12)7-10/h3-6,10-12,15H,1-2,7-9H2/t10?,11?,12-/m0/s1. The zero-order chi connectivity index (χ0) is 15.0. The number of rotatable bonds is 5. The molecule has 2 unspecified atom stereocenters. The fourth-order valence-electron chi connectivity index (χ4n) is 3.67. The fraction of sp³-hybridized carbons (Fsp3) is 0.571. The average Bonchev–Trinajstić information content (AvgIpc) is 3.08. The van der Waals surface area contributed by atoms with Crippen molar-refractivity contribution < 1.29 is 13.3 Å². The summed E-state index contributed by atoms with van der Waals surface area (Å²) in [7, 11) is -3.58. The number of non-ortho nitro benzene ring substituents is 1. The second-order valence-corrected chi connectivity index (χ2v) is 7.80. The van der Waals surface area contributed by atoms with Crippen molar-refractivity contribution in [2.75, 3.05) is 6.54 Å². The Morgan fingerprint density at radius 2 is 1.90 bits per heavy atom. The van der Waals surface area contributed by atoms with Crippen molar-refractivity contribution in [2.45, 2.75) is 30.6 Å². The molecule has 2 fully saturated rings. The molecule has 3 atom stereocenters. The maximum atomic E-state index is 12.2. The third-order valence-corrected chi connectivity index (χ3v) is 6.22. The van der Waals surface area contributed by atoms with Crippen molar-refractivity contribution in [1.29, 1.82) is 0 Å². The van der Waals surface area contributed by atoms with Gasteiger partial charge in [0.05, 0.1) is 9.82 Å². The van der Waals surface area contributed by atoms with Gasteiger partial charge in [-0.05, 0) is 49.1 Å². The van der Waals surface area contributed by atoms with E-state index in [2.05, 4.69) is 4.72 Å². The maximum absolute atomic E-state index is 12.2. The zero-order valence-electron chi connectivity index (χ0n) is 11.6. The number of nitro groups is 1. The summed E-state index contributed by atoms with van der Waals surface area (Å²) in [5.74, 6) is 1.88. The number of hydrogen-bond acceptors (Lipinski definition) is 4. The van der Waals surface area contributed by atoms with Crippen LogP contribution in [-0.2, 0) is 10.0 Å². The number of nitrogens with zero attached hydrogens (tertiary/aromatic N) is 1. The summed E-state index contributed by atoms with van der Waals surface area (Å²) >= 11 is 0. The smallest absolute Gasteiger partial charge is 0.258 e. The molecule has 0 aliphatic heterocycles. The summed E-state index contributed by atoms with van der Waals surface area (Å²) in [6, 6.07) is 4.99. The zero-order valence-corrected chi connectivity index (χ0v) is 12.4. The summed E-state index contributed by atoms with van der Waals surface area (Å²) in [5.41, 5.74) is -0.109. The average molecular weight is 310 g/mol. The van der Waals surface area contributed by atoms with Gasteiger partial charge in [0.25, 0.3) is 5.69 Å². The highest BCUT2D eigenvalue weighted by Gasteiger charge is 2.39. The highest BCUT2D eigenvalue weighted by atomic mass is 32.2. The molecule has 114 valence electrons. The summed E-state index contributed by atoms with van der Waals surface area (Å²) in [6.07, 6.45) is 4.86. The Morgan fingerprint density at radius 1 is 1.19 bits per heavy atom. The number of fused-ring (bicyclic) bond motifs is 2. The predicted molar refractivity (Wildman–Crippen MR) is 77.2 cm³/mol. The van der Waals surface area contributed by atoms with E-state index in [0.717, 1.165) is 12.3 Å². The van der Waals surface area contributed by atoms with Crippen LogP contribution in [0, 0.1) is 27.9 Å². The lowest BCUT2D eigenvalue weighted by atomic mass is 9.89. The molecule has 0 aromatic heterocycles. The first kappa shape index (κ1) is 14.5. The van der Waals surface area contributed by atoms with Gasteiger partial charge in [-0.15, -0.1) is 0 Å². The minimum atomic E-state index is -3.58. The van der Waals surface area contributed by atoms with Crippen LogP contribution in [0.25, 0.3) is 0 Å². The van der Waals surface area contributed by atoms with Gasteiger partial charge in [0, 0.05) is 18.7 Å². The molecule has 21 heavy (non-hydrogen) atoms. The van der Waals surface area contributed by atoms with Crippen LogP contribution in [0.3, 0.4) is 0 Å². The van der Waals surface area contributed by atoms with Gasteiger partial charge in [0.2, 0.25) is 10.0 Å². The summed E-state index contributed by atoms with van der Waals surface area (Å²) in [5, 5.41) is 10.6. The van der Waals surface area contributed by atoms with E-state index in [1.165, 1.54) is 43.5 Å². The van der Waals surface area contributed by atoms with Crippen molar-refractivity contribution in [3.05, 3.63) is 34.4 Å². The third-order valence-electron chi connectivity index (χ3n) is 4.78. The van der Waals surface area contributed by atoms with Crippen molar-refractivity contribution >= 4 is 15.7 Å². The van der Waals surface area contributed by atoms with Gasteiger partial charge in [-0.3, -0.25) is 10.1 Å². The van der Waals surface area contributed by atoms with Crippen LogP contribution in [0.2, 0.25) is 0 Å². The van der Waals surface area contributed by atoms with E-state index in [-0.39, 0.29) is 10.6 Å². The molecular weight excluding hydrogens is 292 g/mol. The van der Waals surface area contributed by atoms with Crippen LogP contribution in [0.4, 0.5) is 5.69 Å². The Morgan fingerprint density at radius 3 is 2.43 bits per heavy atom. The van der Waals surface area contributed by atoms with Gasteiger partial charge in [-0.25, -0.2) is 13.1 Å². The van der Waals surface area contributed by atoms with Crippen LogP contribution in [0.1, 0.15) is 25.7 Å². The lowest BCUT2D eigenvalue weighted by Crippen LogP contribution is -2.31. The molecule has 2 bridgehead atoms. The van der Waals surface area contributed by atoms with Crippen molar-refractivity contribution in [3.8, 4) is 0 Å². The van der Waals surface area contributed by atoms with Crippen molar-refractivity contribution in [2.24, 2.45) is 17.8 Å². The van der Waals surface area contributed by atoms with Gasteiger partial charge < -0.3 is 0 Å². The molecule has 3 rings (SSSR count). The van der Waals surface area contributed by atoms with Gasteiger partial charge in [-0.2, -0.15) is 0 Å². The normalized spacial score (nSPS) is 27.9. The molecule has 2 aliphatic rings. The Hall–Kier alpha value is -1.47. The quantitative estimate of drug-likeness (QED) is 0.667. The first-order valence-corrected chi connectivity index (χ1v) is 8.68. The molecule has 2 saturated carbocycles. The molecule has 1 aromatic carbocycles. The minimum Gasteiger partial charge on any atom is -0.258 e. The van der Waals surface area contributed by atoms with Crippen molar-refractivity contribution in [1.82, 2.24) is 4.72 Å². The van der Waals surface area contributed by atoms with E-state index >= 15 is 0 Å². The second kappa shape index (κ2) is 5.38. The number of benzene rings is 1. The topological polar surface area (TPSA) is 89.3 Å². The molecule has 0 heterocycles. The summed E-state index contributed by atoms with van der Waals surface area (Å²) in [4.78, 5) is 10.1. The first-order valence-electron chi connectivity index (χ1n) is 7.20. The Kier molecular flexibility index (Phi) is 3.71. The van der Waals surface area contributed by atoms with Gasteiger partial charge >= 0.3 is 0 Å². The van der Waals surface area contributed by atoms with Crippen LogP contribution < -0.4 is 4.72 Å². The lowest BCUT2D eigenvalue weighted by molar-refractivity contribution is -0.384. The largest absolute Gasteiger partial charge is 0.269 e. The Labute approximate surface area is 123 Å². The summed E-state index contributed by atoms with van der Waals surface area (Å²) < 4.78 is 27.0. The first-order chi connectivity index (χ1) is 9.95. The SMILES string of the molecule is O=[N+]([O-])c1ccc(S(=O)(=O)NC[C@@H]2CC3CCC2C3)cc1. The highest BCUT2D eigenvalue weighted by Crippen LogP contribution is 2.48. The van der Waals surface area contributed by atoms with E-state index < -0.39 is 14.9 Å². The maximum Gasteiger partial charge on any atom is 0.269 e. The minimum absolute atomic E-state index is 0.0799. The molecule has 7 heteroatoms. The van der Waals surface area contributed by atoms with E-state index in [4.69, 9.17) is 0 Å². The number of nitrogens with one attached hydrogen (secondary N) is 1. The van der Waals surface area contributed by atoms with E-state index in [1.54, 1.807) is 0 Å². The number of nitro benzene ring substituents is 1. The van der Waals surface area contributed by atoms with Crippen molar-refractivity contribution in [3.63, 3.8) is 0 Å². The van der Waals surface area contributed by atoms with E-state index in [0.29, 0.717) is 18.4 Å². The predicted octanol–water partition coefficient (Wildman–Crippen LogP) is 2.31. The Bertz CT molecular complexity index is 641. The van der Waals surface area contributed by atoms with Gasteiger partial charge in [0.1, 0.15) is 0 Å². The Balaban J connectivity index is 1.65. The molecule has 1 N–H and O–H groups in total. The molecule has 2 aliphatic carbocycles. The van der Waals surface area contributed by atoms with Crippen LogP contribution in [0.5, 0.6) is 0 Å². The van der Waals surface area contributed by atoms with Crippen LogP contribution >= 0.6 is 0 Å². The molecule has 0 saturated heterocycles. The molecule has 6 nitrogen and oxygen atoms in total. The highest BCUT2D eigenvalue weighted by molar-refractivity contribution is 7.89. The molecule has 0 spiro atoms. The third kappa shape index (κ3) is 2.94. The van der Waals surface area contributed by atoms with Gasteiger partial charge in [0.15, 0.2) is 0 Å². The van der Waals surface area contributed by atoms with Crippen LogP contribution in [0.15, 0.2) is 29.2 Å². The van der Waals surface area contributed by atoms with E-state index in [9.17, 15) is 18.5 Å². The van der Waals surface area contributed by atoms with Crippen LogP contribution in [-0.4, -0.2) is 19.9 Å². The monoisotopic (exact) mass is 310 g/mol. The molecule has 1 aromatic rings. The van der Waals surface area contributed by atoms with E-state index in [1.807, 2.05) is 0 Å². The molecular formula is C14H18N2O4S. The van der Waals surface area contributed by atoms with Gasteiger partial charge in [-0.1, -0.05) is 6.42 Å². The molecule has 0 amide bonds. The lowest BCUT2D eigenvalue weighted by Gasteiger charge is -2.21. The fourth-order valence-corrected chi connectivity index (χ4v) is 4.77.